The van der Waals surface area contributed by atoms with Crippen molar-refractivity contribution in [2.24, 2.45) is 4.99 Å². The summed E-state index contributed by atoms with van der Waals surface area (Å²) in [4.78, 5) is 25.9. The molecule has 1 aromatic rings. The summed E-state index contributed by atoms with van der Waals surface area (Å²) in [5.74, 6) is -0.282. The highest BCUT2D eigenvalue weighted by Gasteiger charge is 2.05. The molecule has 2 rings (SSSR count). The molecule has 0 spiro atoms. The first kappa shape index (κ1) is 15.6. The molecule has 22 heavy (non-hydrogen) atoms. The van der Waals surface area contributed by atoms with E-state index in [-0.39, 0.29) is 11.7 Å². The van der Waals surface area contributed by atoms with Crippen LogP contribution >= 0.6 is 0 Å². The summed E-state index contributed by atoms with van der Waals surface area (Å²) in [6.07, 6.45) is 8.41. The molecule has 0 bridgehead atoms. The number of Topliss-reactive ketones (excluding diaryl/α,β-unsaturated/α-hetero) is 1. The van der Waals surface area contributed by atoms with Crippen LogP contribution in [0.3, 0.4) is 0 Å². The van der Waals surface area contributed by atoms with Crippen molar-refractivity contribution in [3.05, 3.63) is 65.9 Å². The first-order valence-corrected chi connectivity index (χ1v) is 6.72. The maximum absolute atomic E-state index is 11.2. The third-order valence-corrected chi connectivity index (χ3v) is 2.99. The zero-order valence-electron chi connectivity index (χ0n) is 12.4. The standard InChI is InChI=1S/C17H16N2O3/c1-12(20)15-5-9-17(10-6-15)19(22)11-14-3-7-16(8-4-14)18-13(2)21/h3-11,22H,1-2H3. The molecule has 5 nitrogen and oxygen atoms in total. The Morgan fingerprint density at radius 1 is 1.05 bits per heavy atom. The largest absolute Gasteiger partial charge is 0.295 e. The Morgan fingerprint density at radius 3 is 2.14 bits per heavy atom. The second-order valence-corrected chi connectivity index (χ2v) is 4.80. The number of nitrogens with zero attached hydrogens (tertiary/aromatic N) is 2. The van der Waals surface area contributed by atoms with Crippen molar-refractivity contribution in [2.45, 2.75) is 13.8 Å². The number of anilines is 1. The Balaban J connectivity index is 2.12. The number of carbonyl (C=O) groups is 2. The minimum Gasteiger partial charge on any atom is -0.295 e. The van der Waals surface area contributed by atoms with Gasteiger partial charge in [-0.05, 0) is 48.9 Å². The average molecular weight is 296 g/mol. The quantitative estimate of drug-likeness (QED) is 0.687. The van der Waals surface area contributed by atoms with Gasteiger partial charge in [0.25, 0.3) is 0 Å². The zero-order valence-corrected chi connectivity index (χ0v) is 12.4. The van der Waals surface area contributed by atoms with Crippen LogP contribution < -0.4 is 5.06 Å². The first-order chi connectivity index (χ1) is 10.5. The number of hydrogen-bond donors (Lipinski definition) is 1. The van der Waals surface area contributed by atoms with Crippen LogP contribution in [0.4, 0.5) is 5.69 Å². The molecule has 112 valence electrons. The highest BCUT2D eigenvalue weighted by Crippen LogP contribution is 2.17. The number of amides is 1. The Bertz CT molecular complexity index is 692. The van der Waals surface area contributed by atoms with E-state index >= 15 is 0 Å². The SMILES string of the molecule is CC(=O)N=C1C=CC(=CN(O)c2ccc(C(C)=O)cc2)C=C1. The van der Waals surface area contributed by atoms with Crippen molar-refractivity contribution in [1.29, 1.82) is 0 Å². The molecular weight excluding hydrogens is 280 g/mol. The fourth-order valence-corrected chi connectivity index (χ4v) is 1.88. The topological polar surface area (TPSA) is 70.0 Å². The van der Waals surface area contributed by atoms with Crippen molar-refractivity contribution < 1.29 is 14.8 Å². The molecule has 0 fully saturated rings. The second kappa shape index (κ2) is 6.78. The van der Waals surface area contributed by atoms with Crippen LogP contribution in [0.1, 0.15) is 24.2 Å². The van der Waals surface area contributed by atoms with E-state index in [0.717, 1.165) is 10.6 Å². The van der Waals surface area contributed by atoms with Gasteiger partial charge in [-0.2, -0.15) is 0 Å². The van der Waals surface area contributed by atoms with Gasteiger partial charge in [-0.3, -0.25) is 14.8 Å². The molecule has 0 aromatic heterocycles. The van der Waals surface area contributed by atoms with E-state index in [1.54, 1.807) is 48.6 Å². The van der Waals surface area contributed by atoms with Crippen LogP contribution in [-0.4, -0.2) is 22.6 Å². The molecule has 1 aromatic carbocycles. The summed E-state index contributed by atoms with van der Waals surface area (Å²) in [6.45, 7) is 2.88. The molecule has 0 saturated carbocycles. The summed E-state index contributed by atoms with van der Waals surface area (Å²) in [5.41, 5.74) is 2.45. The second-order valence-electron chi connectivity index (χ2n) is 4.80. The molecule has 1 N–H and O–H groups in total. The third kappa shape index (κ3) is 4.10. The van der Waals surface area contributed by atoms with Gasteiger partial charge in [0.1, 0.15) is 0 Å². The normalized spacial score (nSPS) is 13.0. The lowest BCUT2D eigenvalue weighted by Gasteiger charge is -2.14. The van der Waals surface area contributed by atoms with E-state index < -0.39 is 0 Å². The Hall–Kier alpha value is -2.79. The highest BCUT2D eigenvalue weighted by atomic mass is 16.5. The number of ketones is 1. The number of rotatable bonds is 3. The fourth-order valence-electron chi connectivity index (χ4n) is 1.88. The van der Waals surface area contributed by atoms with Crippen LogP contribution in [0.2, 0.25) is 0 Å². The molecule has 0 radical (unpaired) electrons. The van der Waals surface area contributed by atoms with Gasteiger partial charge in [0.15, 0.2) is 5.78 Å². The van der Waals surface area contributed by atoms with Crippen molar-refractivity contribution in [3.8, 4) is 0 Å². The molecule has 1 aliphatic carbocycles. The van der Waals surface area contributed by atoms with E-state index in [1.165, 1.54) is 20.0 Å². The Kier molecular flexibility index (Phi) is 4.80. The van der Waals surface area contributed by atoms with E-state index in [0.29, 0.717) is 17.0 Å². The number of carbonyl (C=O) groups excluding carboxylic acids is 2. The maximum Gasteiger partial charge on any atom is 0.243 e. The predicted molar refractivity (Wildman–Crippen MR) is 85.2 cm³/mol. The van der Waals surface area contributed by atoms with Gasteiger partial charge in [0.2, 0.25) is 5.91 Å². The smallest absolute Gasteiger partial charge is 0.243 e. The van der Waals surface area contributed by atoms with E-state index in [1.807, 2.05) is 0 Å². The molecule has 1 amide bonds. The monoisotopic (exact) mass is 296 g/mol. The van der Waals surface area contributed by atoms with Gasteiger partial charge in [0, 0.05) is 18.7 Å². The van der Waals surface area contributed by atoms with Crippen LogP contribution in [0.25, 0.3) is 0 Å². The molecule has 0 saturated heterocycles. The van der Waals surface area contributed by atoms with Crippen LogP contribution in [0, 0.1) is 0 Å². The summed E-state index contributed by atoms with van der Waals surface area (Å²) >= 11 is 0. The van der Waals surface area contributed by atoms with Crippen molar-refractivity contribution in [2.75, 3.05) is 5.06 Å². The van der Waals surface area contributed by atoms with Crippen molar-refractivity contribution in [3.63, 3.8) is 0 Å². The Morgan fingerprint density at radius 2 is 1.64 bits per heavy atom. The molecule has 0 unspecified atom stereocenters. The molecule has 0 aliphatic heterocycles. The minimum absolute atomic E-state index is 0.0233. The number of hydrogen-bond acceptors (Lipinski definition) is 4. The van der Waals surface area contributed by atoms with E-state index in [9.17, 15) is 14.8 Å². The van der Waals surface area contributed by atoms with Gasteiger partial charge >= 0.3 is 0 Å². The first-order valence-electron chi connectivity index (χ1n) is 6.72. The summed E-state index contributed by atoms with van der Waals surface area (Å²) in [6, 6.07) is 6.63. The van der Waals surface area contributed by atoms with Gasteiger partial charge in [-0.1, -0.05) is 12.2 Å². The number of aliphatic imine (C=N–C) groups is 1. The van der Waals surface area contributed by atoms with Gasteiger partial charge in [-0.15, -0.1) is 0 Å². The zero-order chi connectivity index (χ0) is 16.1. The van der Waals surface area contributed by atoms with Crippen molar-refractivity contribution in [1.82, 2.24) is 0 Å². The maximum atomic E-state index is 11.2. The number of allylic oxidation sites excluding steroid dienone is 5. The predicted octanol–water partition coefficient (Wildman–Crippen LogP) is 3.08. The van der Waals surface area contributed by atoms with Crippen molar-refractivity contribution >= 4 is 23.1 Å². The van der Waals surface area contributed by atoms with Gasteiger partial charge < -0.3 is 0 Å². The summed E-state index contributed by atoms with van der Waals surface area (Å²) < 4.78 is 0. The average Bonchev–Trinajstić information content (AvgIpc) is 2.49. The van der Waals surface area contributed by atoms with Gasteiger partial charge in [0.05, 0.1) is 11.4 Å². The molecule has 1 aliphatic rings. The van der Waals surface area contributed by atoms with Crippen LogP contribution in [0.5, 0.6) is 0 Å². The number of benzene rings is 1. The molecule has 0 atom stereocenters. The Labute approximate surface area is 128 Å². The van der Waals surface area contributed by atoms with E-state index in [2.05, 4.69) is 4.99 Å². The lowest BCUT2D eigenvalue weighted by Crippen LogP contribution is -2.10. The lowest BCUT2D eigenvalue weighted by atomic mass is 10.1. The molecular formula is C17H16N2O3. The molecule has 0 heterocycles. The van der Waals surface area contributed by atoms with Gasteiger partial charge in [-0.25, -0.2) is 10.1 Å². The number of hydroxylamine groups is 1. The fraction of sp³-hybridized carbons (Fsp3) is 0.118. The lowest BCUT2D eigenvalue weighted by molar-refractivity contribution is -0.115. The summed E-state index contributed by atoms with van der Waals surface area (Å²) in [5, 5.41) is 11.0. The van der Waals surface area contributed by atoms with Crippen LogP contribution in [-0.2, 0) is 4.79 Å². The molecule has 5 heteroatoms. The third-order valence-electron chi connectivity index (χ3n) is 2.99. The van der Waals surface area contributed by atoms with E-state index in [4.69, 9.17) is 0 Å². The summed E-state index contributed by atoms with van der Waals surface area (Å²) in [7, 11) is 0. The minimum atomic E-state index is -0.258. The highest BCUT2D eigenvalue weighted by molar-refractivity contribution is 6.10. The van der Waals surface area contributed by atoms with Crippen LogP contribution in [0.15, 0.2) is 65.3 Å².